The third-order valence-corrected chi connectivity index (χ3v) is 5.26. The lowest BCUT2D eigenvalue weighted by Crippen LogP contribution is -2.05. The van der Waals surface area contributed by atoms with Gasteiger partial charge in [0.05, 0.1) is 11.6 Å². The molecule has 1 unspecified atom stereocenters. The average molecular weight is 273 g/mol. The molecule has 0 bridgehead atoms. The van der Waals surface area contributed by atoms with E-state index in [1.807, 2.05) is 42.1 Å². The molecule has 1 fully saturated rings. The molecule has 1 aliphatic carbocycles. The summed E-state index contributed by atoms with van der Waals surface area (Å²) in [7, 11) is 0. The highest BCUT2D eigenvalue weighted by molar-refractivity contribution is 7.99. The van der Waals surface area contributed by atoms with Gasteiger partial charge in [0.2, 0.25) is 0 Å². The van der Waals surface area contributed by atoms with Gasteiger partial charge in [-0.3, -0.25) is 4.98 Å². The van der Waals surface area contributed by atoms with Crippen LogP contribution in [-0.2, 0) is 0 Å². The van der Waals surface area contributed by atoms with Crippen LogP contribution in [0.15, 0.2) is 36.5 Å². The number of pyridine rings is 1. The predicted molar refractivity (Wildman–Crippen MR) is 81.4 cm³/mol. The molecule has 1 heterocycles. The Hall–Kier alpha value is -1.06. The molecule has 0 spiro atoms. The number of fused-ring (bicyclic) bond motifs is 1. The van der Waals surface area contributed by atoms with Crippen molar-refractivity contribution in [2.45, 2.75) is 37.0 Å². The molecule has 2 aromatic rings. The van der Waals surface area contributed by atoms with Gasteiger partial charge < -0.3 is 5.11 Å². The number of benzene rings is 1. The van der Waals surface area contributed by atoms with Crippen LogP contribution in [-0.4, -0.2) is 21.1 Å². The second kappa shape index (κ2) is 5.93. The minimum Gasteiger partial charge on any atom is -0.388 e. The Morgan fingerprint density at radius 3 is 2.95 bits per heavy atom. The summed E-state index contributed by atoms with van der Waals surface area (Å²) in [6.07, 6.45) is 6.76. The van der Waals surface area contributed by atoms with Crippen molar-refractivity contribution < 1.29 is 5.11 Å². The molecule has 1 aromatic carbocycles. The molecule has 1 aromatic heterocycles. The number of rotatable bonds is 4. The lowest BCUT2D eigenvalue weighted by Gasteiger charge is -2.14. The van der Waals surface area contributed by atoms with Crippen LogP contribution in [0.5, 0.6) is 0 Å². The van der Waals surface area contributed by atoms with E-state index in [1.54, 1.807) is 6.20 Å². The molecule has 1 atom stereocenters. The molecule has 1 N–H and O–H groups in total. The number of aromatic nitrogens is 1. The Labute approximate surface area is 118 Å². The van der Waals surface area contributed by atoms with Gasteiger partial charge >= 0.3 is 0 Å². The summed E-state index contributed by atoms with van der Waals surface area (Å²) in [6.45, 7) is 0. The number of hydrogen-bond acceptors (Lipinski definition) is 3. The highest BCUT2D eigenvalue weighted by Crippen LogP contribution is 2.32. The molecular formula is C16H19NOS. The quantitative estimate of drug-likeness (QED) is 0.916. The van der Waals surface area contributed by atoms with E-state index in [9.17, 15) is 5.11 Å². The van der Waals surface area contributed by atoms with Crippen molar-refractivity contribution >= 4 is 22.7 Å². The van der Waals surface area contributed by atoms with Gasteiger partial charge in [-0.1, -0.05) is 31.0 Å². The molecule has 1 aliphatic rings. The predicted octanol–water partition coefficient (Wildman–Crippen LogP) is 3.94. The van der Waals surface area contributed by atoms with Crippen LogP contribution in [0.25, 0.3) is 10.9 Å². The molecule has 1 saturated carbocycles. The largest absolute Gasteiger partial charge is 0.388 e. The van der Waals surface area contributed by atoms with Gasteiger partial charge in [-0.2, -0.15) is 11.8 Å². The first-order valence-corrected chi connectivity index (χ1v) is 8.02. The fraction of sp³-hybridized carbons (Fsp3) is 0.438. The average Bonchev–Trinajstić information content (AvgIpc) is 2.97. The van der Waals surface area contributed by atoms with Gasteiger partial charge in [-0.15, -0.1) is 0 Å². The summed E-state index contributed by atoms with van der Waals surface area (Å²) in [4.78, 5) is 4.34. The lowest BCUT2D eigenvalue weighted by atomic mass is 10.1. The van der Waals surface area contributed by atoms with Crippen LogP contribution < -0.4 is 0 Å². The Bertz CT molecular complexity index is 551. The van der Waals surface area contributed by atoms with Crippen LogP contribution >= 0.6 is 11.8 Å². The van der Waals surface area contributed by atoms with Gasteiger partial charge in [0.15, 0.2) is 0 Å². The van der Waals surface area contributed by atoms with Crippen molar-refractivity contribution in [3.05, 3.63) is 42.1 Å². The van der Waals surface area contributed by atoms with Crippen molar-refractivity contribution in [1.29, 1.82) is 0 Å². The fourth-order valence-corrected chi connectivity index (χ4v) is 3.98. The van der Waals surface area contributed by atoms with E-state index in [2.05, 4.69) is 4.98 Å². The van der Waals surface area contributed by atoms with Gasteiger partial charge in [-0.05, 0) is 30.5 Å². The van der Waals surface area contributed by atoms with Crippen LogP contribution in [0.3, 0.4) is 0 Å². The first-order valence-electron chi connectivity index (χ1n) is 6.97. The molecule has 19 heavy (non-hydrogen) atoms. The standard InChI is InChI=1S/C16H19NOS/c18-16(11-19-14-5-1-2-6-14)13-8-7-12-4-3-9-17-15(12)10-13/h3-4,7-10,14,16,18H,1-2,5-6,11H2. The maximum Gasteiger partial charge on any atom is 0.0881 e. The molecule has 0 radical (unpaired) electrons. The summed E-state index contributed by atoms with van der Waals surface area (Å²) in [5, 5.41) is 12.2. The van der Waals surface area contributed by atoms with E-state index >= 15 is 0 Å². The SMILES string of the molecule is OC(CSC1CCCC1)c1ccc2cccnc2c1. The third-order valence-electron chi connectivity index (χ3n) is 3.81. The lowest BCUT2D eigenvalue weighted by molar-refractivity contribution is 0.204. The second-order valence-corrected chi connectivity index (χ2v) is 6.54. The first-order chi connectivity index (χ1) is 9.33. The summed E-state index contributed by atoms with van der Waals surface area (Å²) in [5.41, 5.74) is 1.95. The summed E-state index contributed by atoms with van der Waals surface area (Å²) >= 11 is 1.92. The van der Waals surface area contributed by atoms with E-state index in [1.165, 1.54) is 25.7 Å². The highest BCUT2D eigenvalue weighted by atomic mass is 32.2. The van der Waals surface area contributed by atoms with E-state index in [0.717, 1.165) is 27.5 Å². The summed E-state index contributed by atoms with van der Waals surface area (Å²) in [5.74, 6) is 0.795. The van der Waals surface area contributed by atoms with Crippen LogP contribution in [0.4, 0.5) is 0 Å². The molecule has 3 heteroatoms. The minimum absolute atomic E-state index is 0.378. The normalized spacial score (nSPS) is 17.9. The van der Waals surface area contributed by atoms with E-state index in [0.29, 0.717) is 0 Å². The van der Waals surface area contributed by atoms with Gasteiger partial charge in [-0.25, -0.2) is 0 Å². The monoisotopic (exact) mass is 273 g/mol. The summed E-state index contributed by atoms with van der Waals surface area (Å²) < 4.78 is 0. The van der Waals surface area contributed by atoms with Crippen molar-refractivity contribution in [2.75, 3.05) is 5.75 Å². The molecule has 100 valence electrons. The molecular weight excluding hydrogens is 254 g/mol. The maximum atomic E-state index is 10.3. The van der Waals surface area contributed by atoms with Crippen molar-refractivity contribution in [3.8, 4) is 0 Å². The maximum absolute atomic E-state index is 10.3. The molecule has 0 amide bonds. The van der Waals surface area contributed by atoms with Crippen LogP contribution in [0, 0.1) is 0 Å². The molecule has 2 nitrogen and oxygen atoms in total. The zero-order valence-electron chi connectivity index (χ0n) is 11.0. The van der Waals surface area contributed by atoms with Crippen molar-refractivity contribution in [3.63, 3.8) is 0 Å². The Morgan fingerprint density at radius 1 is 1.26 bits per heavy atom. The molecule has 3 rings (SSSR count). The second-order valence-electron chi connectivity index (χ2n) is 5.21. The van der Waals surface area contributed by atoms with Crippen molar-refractivity contribution in [1.82, 2.24) is 4.98 Å². The van der Waals surface area contributed by atoms with Gasteiger partial charge in [0, 0.05) is 22.6 Å². The Balaban J connectivity index is 1.68. The van der Waals surface area contributed by atoms with Crippen LogP contribution in [0.2, 0.25) is 0 Å². The Kier molecular flexibility index (Phi) is 4.04. The van der Waals surface area contributed by atoms with Crippen molar-refractivity contribution in [2.24, 2.45) is 0 Å². The van der Waals surface area contributed by atoms with Crippen LogP contribution in [0.1, 0.15) is 37.4 Å². The zero-order chi connectivity index (χ0) is 13.1. The van der Waals surface area contributed by atoms with E-state index < -0.39 is 0 Å². The number of hydrogen-bond donors (Lipinski definition) is 1. The highest BCUT2D eigenvalue weighted by Gasteiger charge is 2.17. The fourth-order valence-electron chi connectivity index (χ4n) is 2.67. The number of nitrogens with zero attached hydrogens (tertiary/aromatic N) is 1. The Morgan fingerprint density at radius 2 is 2.11 bits per heavy atom. The molecule has 0 aliphatic heterocycles. The van der Waals surface area contributed by atoms with E-state index in [4.69, 9.17) is 0 Å². The third kappa shape index (κ3) is 3.10. The summed E-state index contributed by atoms with van der Waals surface area (Å²) in [6, 6.07) is 10.1. The first kappa shape index (κ1) is 12.9. The molecule has 0 saturated heterocycles. The zero-order valence-corrected chi connectivity index (χ0v) is 11.8. The van der Waals surface area contributed by atoms with Gasteiger partial charge in [0.1, 0.15) is 0 Å². The minimum atomic E-state index is -0.378. The number of thioether (sulfide) groups is 1. The smallest absolute Gasteiger partial charge is 0.0881 e. The van der Waals surface area contributed by atoms with Gasteiger partial charge in [0.25, 0.3) is 0 Å². The topological polar surface area (TPSA) is 33.1 Å². The number of aliphatic hydroxyl groups is 1. The number of aliphatic hydroxyl groups excluding tert-OH is 1. The van der Waals surface area contributed by atoms with E-state index in [-0.39, 0.29) is 6.10 Å².